The lowest BCUT2D eigenvalue weighted by molar-refractivity contribution is -0.144. The second-order valence-corrected chi connectivity index (χ2v) is 5.18. The zero-order chi connectivity index (χ0) is 13.7. The van der Waals surface area contributed by atoms with Crippen LogP contribution in [-0.2, 0) is 16.0 Å². The number of hydrogen-bond donors (Lipinski definition) is 1. The molecule has 0 aliphatic rings. The first-order valence-corrected chi connectivity index (χ1v) is 7.13. The molecule has 0 saturated heterocycles. The Morgan fingerprint density at radius 1 is 1.30 bits per heavy atom. The molecular weight excluding hydrogens is 294 g/mol. The summed E-state index contributed by atoms with van der Waals surface area (Å²) in [4.78, 5) is 12.7. The molecule has 2 aromatic rings. The van der Waals surface area contributed by atoms with E-state index >= 15 is 0 Å². The molecule has 5 heteroatoms. The smallest absolute Gasteiger partial charge is 0.323 e. The van der Waals surface area contributed by atoms with E-state index in [4.69, 9.17) is 10.5 Å². The molecule has 2 N–H and O–H groups in total. The third-order valence-electron chi connectivity index (χ3n) is 2.80. The van der Waals surface area contributed by atoms with Crippen LogP contribution >= 0.6 is 23.7 Å². The number of rotatable bonds is 5. The minimum Gasteiger partial charge on any atom is -0.465 e. The highest BCUT2D eigenvalue weighted by Crippen LogP contribution is 2.24. The molecule has 0 radical (unpaired) electrons. The maximum Gasteiger partial charge on any atom is 0.323 e. The normalized spacial score (nSPS) is 11.5. The van der Waals surface area contributed by atoms with Crippen LogP contribution in [0.2, 0.25) is 0 Å². The zero-order valence-electron chi connectivity index (χ0n) is 11.2. The summed E-state index contributed by atoms with van der Waals surface area (Å²) in [6.45, 7) is 2.14. The van der Waals surface area contributed by atoms with Crippen molar-refractivity contribution < 1.29 is 9.53 Å². The molecule has 20 heavy (non-hydrogen) atoms. The van der Waals surface area contributed by atoms with Gasteiger partial charge < -0.3 is 10.5 Å². The van der Waals surface area contributed by atoms with E-state index in [1.807, 2.05) is 18.2 Å². The summed E-state index contributed by atoms with van der Waals surface area (Å²) in [6, 6.07) is 11.7. The maximum absolute atomic E-state index is 11.5. The van der Waals surface area contributed by atoms with Gasteiger partial charge in [0, 0.05) is 4.88 Å². The van der Waals surface area contributed by atoms with Gasteiger partial charge in [-0.15, -0.1) is 23.7 Å². The SMILES string of the molecule is CCOC(=O)[C@@H](N)Cc1ccc(-c2cccs2)cc1.Cl. The van der Waals surface area contributed by atoms with Gasteiger partial charge in [-0.3, -0.25) is 4.79 Å². The fraction of sp³-hybridized carbons (Fsp3) is 0.267. The fourth-order valence-electron chi connectivity index (χ4n) is 1.83. The molecule has 0 fully saturated rings. The number of hydrogen-bond acceptors (Lipinski definition) is 4. The van der Waals surface area contributed by atoms with Crippen molar-refractivity contribution >= 4 is 29.7 Å². The lowest BCUT2D eigenvalue weighted by atomic mass is 10.0. The molecule has 0 aliphatic heterocycles. The number of carbonyl (C=O) groups excluding carboxylic acids is 1. The van der Waals surface area contributed by atoms with E-state index in [1.165, 1.54) is 10.4 Å². The van der Waals surface area contributed by atoms with Gasteiger partial charge in [-0.05, 0) is 35.9 Å². The molecule has 0 saturated carbocycles. The monoisotopic (exact) mass is 311 g/mol. The lowest BCUT2D eigenvalue weighted by Crippen LogP contribution is -2.34. The van der Waals surface area contributed by atoms with Crippen LogP contribution in [0.15, 0.2) is 41.8 Å². The Bertz CT molecular complexity index is 525. The molecule has 0 amide bonds. The zero-order valence-corrected chi connectivity index (χ0v) is 12.9. The lowest BCUT2D eigenvalue weighted by Gasteiger charge is -2.10. The van der Waals surface area contributed by atoms with Crippen LogP contribution < -0.4 is 5.73 Å². The molecular formula is C15H18ClNO2S. The molecule has 0 spiro atoms. The highest BCUT2D eigenvalue weighted by atomic mass is 35.5. The van der Waals surface area contributed by atoms with E-state index in [1.54, 1.807) is 18.3 Å². The molecule has 0 bridgehead atoms. The summed E-state index contributed by atoms with van der Waals surface area (Å²) in [7, 11) is 0. The third-order valence-corrected chi connectivity index (χ3v) is 3.72. The van der Waals surface area contributed by atoms with Gasteiger partial charge in [-0.25, -0.2) is 0 Å². The molecule has 1 atom stereocenters. The highest BCUT2D eigenvalue weighted by Gasteiger charge is 2.14. The van der Waals surface area contributed by atoms with Gasteiger partial charge in [0.2, 0.25) is 0 Å². The van der Waals surface area contributed by atoms with Crippen LogP contribution in [-0.4, -0.2) is 18.6 Å². The average molecular weight is 312 g/mol. The van der Waals surface area contributed by atoms with E-state index in [0.717, 1.165) is 5.56 Å². The second kappa shape index (κ2) is 8.04. The summed E-state index contributed by atoms with van der Waals surface area (Å²) in [5.74, 6) is -0.343. The van der Waals surface area contributed by atoms with Crippen molar-refractivity contribution in [3.63, 3.8) is 0 Å². The highest BCUT2D eigenvalue weighted by molar-refractivity contribution is 7.13. The van der Waals surface area contributed by atoms with E-state index in [-0.39, 0.29) is 18.4 Å². The summed E-state index contributed by atoms with van der Waals surface area (Å²) in [6.07, 6.45) is 0.504. The van der Waals surface area contributed by atoms with Crippen molar-refractivity contribution in [2.24, 2.45) is 5.73 Å². The van der Waals surface area contributed by atoms with E-state index in [9.17, 15) is 4.79 Å². The second-order valence-electron chi connectivity index (χ2n) is 4.24. The average Bonchev–Trinajstić information content (AvgIpc) is 2.94. The molecule has 3 nitrogen and oxygen atoms in total. The molecule has 1 heterocycles. The van der Waals surface area contributed by atoms with E-state index in [0.29, 0.717) is 13.0 Å². The molecule has 0 unspecified atom stereocenters. The number of esters is 1. The topological polar surface area (TPSA) is 52.3 Å². The van der Waals surface area contributed by atoms with Crippen LogP contribution in [0, 0.1) is 0 Å². The van der Waals surface area contributed by atoms with Crippen LogP contribution in [0.25, 0.3) is 10.4 Å². The maximum atomic E-state index is 11.5. The number of benzene rings is 1. The van der Waals surface area contributed by atoms with E-state index in [2.05, 4.69) is 23.6 Å². The van der Waals surface area contributed by atoms with Crippen LogP contribution in [0.4, 0.5) is 0 Å². The number of nitrogens with two attached hydrogens (primary N) is 1. The van der Waals surface area contributed by atoms with Crippen LogP contribution in [0.3, 0.4) is 0 Å². The Kier molecular flexibility index (Phi) is 6.71. The minimum atomic E-state index is -0.590. The van der Waals surface area contributed by atoms with Crippen molar-refractivity contribution in [3.8, 4) is 10.4 Å². The molecule has 108 valence electrons. The quantitative estimate of drug-likeness (QED) is 0.862. The van der Waals surface area contributed by atoms with Crippen molar-refractivity contribution in [2.45, 2.75) is 19.4 Å². The van der Waals surface area contributed by atoms with Gasteiger partial charge >= 0.3 is 5.97 Å². The van der Waals surface area contributed by atoms with Gasteiger partial charge in [0.05, 0.1) is 6.61 Å². The number of halogens is 1. The summed E-state index contributed by atoms with van der Waals surface area (Å²) in [5, 5.41) is 2.06. The van der Waals surface area contributed by atoms with Crippen molar-refractivity contribution in [1.82, 2.24) is 0 Å². The molecule has 1 aromatic heterocycles. The van der Waals surface area contributed by atoms with Crippen molar-refractivity contribution in [3.05, 3.63) is 47.3 Å². The molecule has 2 rings (SSSR count). The van der Waals surface area contributed by atoms with Gasteiger partial charge in [0.15, 0.2) is 0 Å². The minimum absolute atomic E-state index is 0. The van der Waals surface area contributed by atoms with Crippen LogP contribution in [0.1, 0.15) is 12.5 Å². The summed E-state index contributed by atoms with van der Waals surface area (Å²) in [5.41, 5.74) is 8.02. The van der Waals surface area contributed by atoms with E-state index < -0.39 is 6.04 Å². The molecule has 0 aliphatic carbocycles. The Labute approximate surface area is 129 Å². The largest absolute Gasteiger partial charge is 0.465 e. The van der Waals surface area contributed by atoms with Crippen LogP contribution in [0.5, 0.6) is 0 Å². The number of ether oxygens (including phenoxy) is 1. The van der Waals surface area contributed by atoms with Gasteiger partial charge in [-0.2, -0.15) is 0 Å². The first-order chi connectivity index (χ1) is 9.20. The van der Waals surface area contributed by atoms with Gasteiger partial charge in [0.25, 0.3) is 0 Å². The predicted molar refractivity (Wildman–Crippen MR) is 85.3 cm³/mol. The van der Waals surface area contributed by atoms with Crippen molar-refractivity contribution in [1.29, 1.82) is 0 Å². The molecule has 1 aromatic carbocycles. The van der Waals surface area contributed by atoms with Gasteiger partial charge in [0.1, 0.15) is 6.04 Å². The standard InChI is InChI=1S/C15H17NO2S.ClH/c1-2-18-15(17)13(16)10-11-5-7-12(8-6-11)14-4-3-9-19-14;/h3-9,13H,2,10,16H2,1H3;1H/t13-;/m0./s1. The summed E-state index contributed by atoms with van der Waals surface area (Å²) >= 11 is 1.71. The predicted octanol–water partition coefficient (Wildman–Crippen LogP) is 3.27. The Morgan fingerprint density at radius 3 is 2.55 bits per heavy atom. The third kappa shape index (κ3) is 4.34. The number of thiophene rings is 1. The Balaban J connectivity index is 0.00000200. The Hall–Kier alpha value is -1.36. The summed E-state index contributed by atoms with van der Waals surface area (Å²) < 4.78 is 4.90. The Morgan fingerprint density at radius 2 is 2.00 bits per heavy atom. The first kappa shape index (κ1) is 16.7. The number of carbonyl (C=O) groups is 1. The van der Waals surface area contributed by atoms with Crippen molar-refractivity contribution in [2.75, 3.05) is 6.61 Å². The van der Waals surface area contributed by atoms with Gasteiger partial charge in [-0.1, -0.05) is 30.3 Å². The first-order valence-electron chi connectivity index (χ1n) is 6.25. The fourth-order valence-corrected chi connectivity index (χ4v) is 2.57.